The molecule has 2 rings (SSSR count). The number of nitrogens with zero attached hydrogens (tertiary/aromatic N) is 1. The molecule has 0 bridgehead atoms. The van der Waals surface area contributed by atoms with E-state index in [0.29, 0.717) is 5.69 Å². The van der Waals surface area contributed by atoms with Crippen molar-refractivity contribution in [2.75, 3.05) is 12.0 Å². The Morgan fingerprint density at radius 1 is 1.22 bits per heavy atom. The second kappa shape index (κ2) is 6.29. The first kappa shape index (κ1) is 16.8. The van der Waals surface area contributed by atoms with Crippen molar-refractivity contribution in [2.24, 2.45) is 0 Å². The zero-order valence-corrected chi connectivity index (χ0v) is 14.2. The van der Waals surface area contributed by atoms with Gasteiger partial charge in [-0.05, 0) is 30.5 Å². The van der Waals surface area contributed by atoms with Crippen molar-refractivity contribution in [1.82, 2.24) is 0 Å². The lowest BCUT2D eigenvalue weighted by molar-refractivity contribution is -0.124. The van der Waals surface area contributed by atoms with Gasteiger partial charge >= 0.3 is 0 Å². The van der Waals surface area contributed by atoms with Crippen molar-refractivity contribution in [1.29, 1.82) is 0 Å². The predicted molar refractivity (Wildman–Crippen MR) is 90.5 cm³/mol. The van der Waals surface area contributed by atoms with E-state index in [9.17, 15) is 9.59 Å². The maximum atomic E-state index is 12.2. The van der Waals surface area contributed by atoms with E-state index in [0.717, 1.165) is 16.9 Å². The Kier molecular flexibility index (Phi) is 4.60. The Morgan fingerprint density at radius 2 is 1.91 bits per heavy atom. The molecule has 0 unspecified atom stereocenters. The Labute approximate surface area is 137 Å². The number of carbonyl (C=O) groups excluding carboxylic acids is 2. The van der Waals surface area contributed by atoms with Gasteiger partial charge < -0.3 is 4.74 Å². The summed E-state index contributed by atoms with van der Waals surface area (Å²) in [7, 11) is 1.62. The highest BCUT2D eigenvalue weighted by Crippen LogP contribution is 2.38. The van der Waals surface area contributed by atoms with Crippen molar-refractivity contribution in [3.63, 3.8) is 0 Å². The molecule has 0 aliphatic carbocycles. The number of rotatable bonds is 2. The van der Waals surface area contributed by atoms with Gasteiger partial charge in [0.05, 0.1) is 24.8 Å². The smallest absolute Gasteiger partial charge is 0.238 e. The van der Waals surface area contributed by atoms with Gasteiger partial charge in [-0.1, -0.05) is 26.7 Å². The lowest BCUT2D eigenvalue weighted by Crippen LogP contribution is -2.31. The minimum Gasteiger partial charge on any atom is -0.495 e. The topological polar surface area (TPSA) is 46.6 Å². The van der Waals surface area contributed by atoms with Gasteiger partial charge in [0.2, 0.25) is 5.91 Å². The molecule has 1 amide bonds. The molecule has 1 heterocycles. The fraction of sp³-hybridized carbons (Fsp3) is 0.368. The van der Waals surface area contributed by atoms with Gasteiger partial charge in [-0.2, -0.15) is 0 Å². The predicted octanol–water partition coefficient (Wildman–Crippen LogP) is 3.18. The number of carbonyl (C=O) groups is 2. The largest absolute Gasteiger partial charge is 0.495 e. The molecule has 1 aromatic rings. The summed E-state index contributed by atoms with van der Waals surface area (Å²) in [6.07, 6.45) is 2.83. The molecule has 0 atom stereocenters. The average Bonchev–Trinajstić information content (AvgIpc) is 2.46. The Morgan fingerprint density at radius 3 is 2.43 bits per heavy atom. The summed E-state index contributed by atoms with van der Waals surface area (Å²) in [5.41, 5.74) is 2.22. The zero-order valence-electron chi connectivity index (χ0n) is 14.2. The SMILES string of the molecule is CC#Cc1cc(N2C=CC(=O)CC2=O)cc(C(C)(C)C)c1OC. The number of benzene rings is 1. The van der Waals surface area contributed by atoms with Crippen molar-refractivity contribution in [2.45, 2.75) is 39.5 Å². The van der Waals surface area contributed by atoms with Crippen LogP contribution in [0.3, 0.4) is 0 Å². The van der Waals surface area contributed by atoms with Gasteiger partial charge in [0, 0.05) is 11.8 Å². The molecule has 0 spiro atoms. The molecule has 1 aliphatic heterocycles. The molecular formula is C19H21NO3. The molecule has 0 aromatic heterocycles. The van der Waals surface area contributed by atoms with Crippen LogP contribution in [-0.2, 0) is 15.0 Å². The molecule has 1 aliphatic rings. The highest BCUT2D eigenvalue weighted by Gasteiger charge is 2.26. The summed E-state index contributed by atoms with van der Waals surface area (Å²) >= 11 is 0. The van der Waals surface area contributed by atoms with Crippen LogP contribution >= 0.6 is 0 Å². The minimum atomic E-state index is -0.238. The fourth-order valence-electron chi connectivity index (χ4n) is 2.52. The van der Waals surface area contributed by atoms with Gasteiger partial charge in [-0.3, -0.25) is 14.5 Å². The molecule has 0 fully saturated rings. The Balaban J connectivity index is 2.67. The third-order valence-corrected chi connectivity index (χ3v) is 3.63. The number of allylic oxidation sites excluding steroid dienone is 1. The second-order valence-corrected chi connectivity index (χ2v) is 6.42. The maximum absolute atomic E-state index is 12.2. The van der Waals surface area contributed by atoms with Crippen LogP contribution in [0.25, 0.3) is 0 Å². The number of anilines is 1. The Hall–Kier alpha value is -2.54. The monoisotopic (exact) mass is 311 g/mol. The average molecular weight is 311 g/mol. The highest BCUT2D eigenvalue weighted by molar-refractivity contribution is 6.13. The van der Waals surface area contributed by atoms with E-state index in [1.807, 2.05) is 12.1 Å². The van der Waals surface area contributed by atoms with Crippen molar-refractivity contribution >= 4 is 17.4 Å². The van der Waals surface area contributed by atoms with Gasteiger partial charge in [0.25, 0.3) is 0 Å². The minimum absolute atomic E-state index is 0.109. The van der Waals surface area contributed by atoms with E-state index in [-0.39, 0.29) is 23.5 Å². The maximum Gasteiger partial charge on any atom is 0.238 e. The van der Waals surface area contributed by atoms with Crippen molar-refractivity contribution in [3.8, 4) is 17.6 Å². The third kappa shape index (κ3) is 3.45. The van der Waals surface area contributed by atoms with E-state index in [1.54, 1.807) is 14.0 Å². The summed E-state index contributed by atoms with van der Waals surface area (Å²) in [6.45, 7) is 7.99. The summed E-state index contributed by atoms with van der Waals surface area (Å²) in [6, 6.07) is 3.75. The molecule has 0 saturated heterocycles. The van der Waals surface area contributed by atoms with Gasteiger partial charge in [-0.25, -0.2) is 0 Å². The molecule has 4 nitrogen and oxygen atoms in total. The van der Waals surface area contributed by atoms with E-state index < -0.39 is 0 Å². The lowest BCUT2D eigenvalue weighted by Gasteiger charge is -2.27. The van der Waals surface area contributed by atoms with Crippen LogP contribution in [0.5, 0.6) is 5.75 Å². The number of ketones is 1. The normalized spacial score (nSPS) is 14.6. The van der Waals surface area contributed by atoms with Crippen LogP contribution < -0.4 is 9.64 Å². The molecule has 120 valence electrons. The van der Waals surface area contributed by atoms with Crippen molar-refractivity contribution < 1.29 is 14.3 Å². The van der Waals surface area contributed by atoms with Gasteiger partial charge in [-0.15, -0.1) is 5.92 Å². The van der Waals surface area contributed by atoms with Crippen molar-refractivity contribution in [3.05, 3.63) is 35.5 Å². The lowest BCUT2D eigenvalue weighted by atomic mass is 9.84. The summed E-state index contributed by atoms with van der Waals surface area (Å²) in [5, 5.41) is 0. The van der Waals surface area contributed by atoms with E-state index >= 15 is 0 Å². The van der Waals surface area contributed by atoms with Crippen LogP contribution in [0.15, 0.2) is 24.4 Å². The molecule has 1 aromatic carbocycles. The standard InChI is InChI=1S/C19H21NO3/c1-6-7-13-10-14(20-9-8-15(21)12-17(20)22)11-16(18(13)23-5)19(2,3)4/h8-11H,12H2,1-5H3. The fourth-order valence-corrected chi connectivity index (χ4v) is 2.52. The van der Waals surface area contributed by atoms with E-state index in [2.05, 4.69) is 32.6 Å². The van der Waals surface area contributed by atoms with Crippen LogP contribution in [0.1, 0.15) is 45.2 Å². The first-order valence-electron chi connectivity index (χ1n) is 7.46. The summed E-state index contributed by atoms with van der Waals surface area (Å²) in [4.78, 5) is 25.0. The zero-order chi connectivity index (χ0) is 17.2. The third-order valence-electron chi connectivity index (χ3n) is 3.63. The Bertz CT molecular complexity index is 742. The highest BCUT2D eigenvalue weighted by atomic mass is 16.5. The van der Waals surface area contributed by atoms with Crippen LogP contribution in [0, 0.1) is 11.8 Å². The number of ether oxygens (including phenoxy) is 1. The molecule has 23 heavy (non-hydrogen) atoms. The first-order chi connectivity index (χ1) is 10.8. The molecular weight excluding hydrogens is 290 g/mol. The molecule has 0 radical (unpaired) electrons. The first-order valence-corrected chi connectivity index (χ1v) is 7.46. The van der Waals surface area contributed by atoms with Gasteiger partial charge in [0.15, 0.2) is 5.78 Å². The number of methoxy groups -OCH3 is 1. The van der Waals surface area contributed by atoms with Crippen LogP contribution in [0.4, 0.5) is 5.69 Å². The molecule has 0 saturated carbocycles. The van der Waals surface area contributed by atoms with E-state index in [1.165, 1.54) is 17.2 Å². The molecule has 0 N–H and O–H groups in total. The van der Waals surface area contributed by atoms with Gasteiger partial charge in [0.1, 0.15) is 5.75 Å². The summed E-state index contributed by atoms with van der Waals surface area (Å²) < 4.78 is 5.56. The number of hydrogen-bond acceptors (Lipinski definition) is 3. The number of amides is 1. The second-order valence-electron chi connectivity index (χ2n) is 6.42. The van der Waals surface area contributed by atoms with Crippen LogP contribution in [-0.4, -0.2) is 18.8 Å². The number of hydrogen-bond donors (Lipinski definition) is 0. The molecule has 4 heteroatoms. The van der Waals surface area contributed by atoms with E-state index in [4.69, 9.17) is 4.74 Å². The van der Waals surface area contributed by atoms with Crippen LogP contribution in [0.2, 0.25) is 0 Å². The summed E-state index contributed by atoms with van der Waals surface area (Å²) in [5.74, 6) is 6.23. The quantitative estimate of drug-likeness (QED) is 0.622.